The van der Waals surface area contributed by atoms with Crippen molar-refractivity contribution in [1.82, 2.24) is 9.97 Å². The third-order valence-electron chi connectivity index (χ3n) is 4.93. The Balaban J connectivity index is 1.74. The Morgan fingerprint density at radius 3 is 2.44 bits per heavy atom. The molecule has 0 radical (unpaired) electrons. The second-order valence-corrected chi connectivity index (χ2v) is 10.9. The molecular weight excluding hydrogens is 449 g/mol. The number of hydrogen-bond donors (Lipinski definition) is 0. The predicted octanol–water partition coefficient (Wildman–Crippen LogP) is 4.86. The first-order valence-electron chi connectivity index (χ1n) is 9.88. The van der Waals surface area contributed by atoms with E-state index in [0.717, 1.165) is 0 Å². The lowest BCUT2D eigenvalue weighted by Crippen LogP contribution is -2.30. The Morgan fingerprint density at radius 1 is 1.06 bits per heavy atom. The van der Waals surface area contributed by atoms with Gasteiger partial charge in [0.2, 0.25) is 0 Å². The van der Waals surface area contributed by atoms with Gasteiger partial charge >= 0.3 is 0 Å². The summed E-state index contributed by atoms with van der Waals surface area (Å²) in [6.07, 6.45) is 1.63. The van der Waals surface area contributed by atoms with Crippen molar-refractivity contribution in [3.8, 4) is 0 Å². The molecule has 6 nitrogen and oxygen atoms in total. The van der Waals surface area contributed by atoms with Crippen LogP contribution in [0.1, 0.15) is 29.9 Å². The maximum Gasteiger partial charge on any atom is 0.260 e. The highest BCUT2D eigenvalue weighted by Crippen LogP contribution is 2.32. The van der Waals surface area contributed by atoms with Gasteiger partial charge in [-0.3, -0.25) is 14.7 Å². The number of benzene rings is 2. The number of nitrogens with zero attached hydrogens (tertiary/aromatic N) is 3. The lowest BCUT2D eigenvalue weighted by atomic mass is 10.2. The molecule has 9 heteroatoms. The molecule has 0 bridgehead atoms. The molecule has 0 aliphatic carbocycles. The normalized spacial score (nSPS) is 11.8. The Labute approximate surface area is 189 Å². The van der Waals surface area contributed by atoms with Crippen molar-refractivity contribution in [3.05, 3.63) is 83.9 Å². The quantitative estimate of drug-likeness (QED) is 0.403. The number of thiazole rings is 1. The number of pyridine rings is 1. The zero-order chi connectivity index (χ0) is 22.9. The monoisotopic (exact) mass is 469 g/mol. The average Bonchev–Trinajstić information content (AvgIpc) is 3.23. The topological polar surface area (TPSA) is 80.2 Å². The van der Waals surface area contributed by atoms with E-state index in [-0.39, 0.29) is 22.9 Å². The molecule has 0 unspecified atom stereocenters. The second kappa shape index (κ2) is 8.76. The summed E-state index contributed by atoms with van der Waals surface area (Å²) in [6.45, 7) is 3.34. The Kier molecular flexibility index (Phi) is 6.03. The second-order valence-electron chi connectivity index (χ2n) is 7.41. The smallest absolute Gasteiger partial charge is 0.260 e. The van der Waals surface area contributed by atoms with Crippen LogP contribution in [0.3, 0.4) is 0 Å². The van der Waals surface area contributed by atoms with Gasteiger partial charge in [-0.1, -0.05) is 23.5 Å². The number of rotatable bonds is 6. The van der Waals surface area contributed by atoms with Crippen LogP contribution in [0.25, 0.3) is 10.2 Å². The number of amides is 1. The fourth-order valence-corrected chi connectivity index (χ4v) is 5.15. The first-order valence-corrected chi connectivity index (χ1v) is 12.2. The zero-order valence-corrected chi connectivity index (χ0v) is 19.0. The average molecular weight is 470 g/mol. The van der Waals surface area contributed by atoms with Gasteiger partial charge in [-0.15, -0.1) is 0 Å². The molecule has 0 N–H and O–H groups in total. The van der Waals surface area contributed by atoms with Gasteiger partial charge in [0.1, 0.15) is 11.3 Å². The minimum Gasteiger partial charge on any atom is -0.278 e. The number of anilines is 1. The molecule has 2 heterocycles. The van der Waals surface area contributed by atoms with E-state index in [9.17, 15) is 17.6 Å². The molecule has 4 aromatic rings. The minimum absolute atomic E-state index is 0.132. The maximum absolute atomic E-state index is 14.2. The van der Waals surface area contributed by atoms with Crippen LogP contribution in [0.2, 0.25) is 0 Å². The largest absolute Gasteiger partial charge is 0.278 e. The number of para-hydroxylation sites is 1. The molecule has 0 aliphatic heterocycles. The molecule has 0 atom stereocenters. The Morgan fingerprint density at radius 2 is 1.81 bits per heavy atom. The van der Waals surface area contributed by atoms with Crippen LogP contribution in [0.5, 0.6) is 0 Å². The number of carbonyl (C=O) groups excluding carboxylic acids is 1. The van der Waals surface area contributed by atoms with Crippen LogP contribution >= 0.6 is 11.3 Å². The van der Waals surface area contributed by atoms with Crippen LogP contribution in [-0.4, -0.2) is 29.5 Å². The fraction of sp³-hybridized carbons (Fsp3) is 0.174. The zero-order valence-electron chi connectivity index (χ0n) is 17.4. The van der Waals surface area contributed by atoms with Gasteiger partial charge in [0, 0.05) is 11.8 Å². The Hall–Kier alpha value is -3.17. The van der Waals surface area contributed by atoms with Gasteiger partial charge in [-0.2, -0.15) is 0 Å². The van der Waals surface area contributed by atoms with E-state index in [0.29, 0.717) is 21.1 Å². The third-order valence-corrected chi connectivity index (χ3v) is 8.15. The molecular formula is C23H20FN3O3S2. The van der Waals surface area contributed by atoms with E-state index in [1.54, 1.807) is 44.3 Å². The minimum atomic E-state index is -3.45. The van der Waals surface area contributed by atoms with Gasteiger partial charge in [0.05, 0.1) is 27.1 Å². The summed E-state index contributed by atoms with van der Waals surface area (Å²) >= 11 is 1.20. The van der Waals surface area contributed by atoms with Crippen molar-refractivity contribution >= 4 is 42.4 Å². The van der Waals surface area contributed by atoms with Gasteiger partial charge in [0.25, 0.3) is 5.91 Å². The summed E-state index contributed by atoms with van der Waals surface area (Å²) in [7, 11) is -3.45. The van der Waals surface area contributed by atoms with Crippen LogP contribution in [-0.2, 0) is 16.4 Å². The summed E-state index contributed by atoms with van der Waals surface area (Å²) in [5, 5.41) is -0.234. The standard InChI is InChI=1S/C23H20FN3O3S2/c1-15(2)32(29,30)18-11-9-16(10-12-18)22(28)27(14-17-6-3-4-13-25-17)23-26-21-19(24)7-5-8-20(21)31-23/h3-13,15H,14H2,1-2H3. The van der Waals surface area contributed by atoms with Gasteiger partial charge in [0.15, 0.2) is 15.0 Å². The summed E-state index contributed by atoms with van der Waals surface area (Å²) in [6, 6.07) is 15.9. The van der Waals surface area contributed by atoms with Crippen LogP contribution in [0.4, 0.5) is 9.52 Å². The molecule has 32 heavy (non-hydrogen) atoms. The predicted molar refractivity (Wildman–Crippen MR) is 123 cm³/mol. The molecule has 2 aromatic heterocycles. The van der Waals surface area contributed by atoms with Gasteiger partial charge < -0.3 is 0 Å². The van der Waals surface area contributed by atoms with Crippen molar-refractivity contribution < 1.29 is 17.6 Å². The van der Waals surface area contributed by atoms with Gasteiger partial charge in [-0.05, 0) is 62.4 Å². The van der Waals surface area contributed by atoms with Crippen molar-refractivity contribution in [2.24, 2.45) is 0 Å². The van der Waals surface area contributed by atoms with Gasteiger partial charge in [-0.25, -0.2) is 17.8 Å². The number of sulfone groups is 1. The highest BCUT2D eigenvalue weighted by molar-refractivity contribution is 7.92. The summed E-state index contributed by atoms with van der Waals surface area (Å²) in [5.41, 5.74) is 1.13. The number of hydrogen-bond acceptors (Lipinski definition) is 6. The van der Waals surface area contributed by atoms with Crippen molar-refractivity contribution in [2.75, 3.05) is 4.90 Å². The van der Waals surface area contributed by atoms with Crippen LogP contribution < -0.4 is 4.90 Å². The fourth-order valence-electron chi connectivity index (χ4n) is 3.11. The first-order chi connectivity index (χ1) is 15.3. The lowest BCUT2D eigenvalue weighted by Gasteiger charge is -2.20. The molecule has 0 fully saturated rings. The molecule has 0 saturated heterocycles. The molecule has 2 aromatic carbocycles. The number of fused-ring (bicyclic) bond motifs is 1. The van der Waals surface area contributed by atoms with Crippen molar-refractivity contribution in [1.29, 1.82) is 0 Å². The summed E-state index contributed by atoms with van der Waals surface area (Å²) < 4.78 is 39.6. The lowest BCUT2D eigenvalue weighted by molar-refractivity contribution is 0.0984. The van der Waals surface area contributed by atoms with E-state index < -0.39 is 20.9 Å². The molecule has 0 saturated carbocycles. The Bertz CT molecular complexity index is 1370. The number of carbonyl (C=O) groups is 1. The summed E-state index contributed by atoms with van der Waals surface area (Å²) in [4.78, 5) is 23.7. The maximum atomic E-state index is 14.2. The number of halogens is 1. The first kappa shape index (κ1) is 22.0. The van der Waals surface area contributed by atoms with Crippen molar-refractivity contribution in [3.63, 3.8) is 0 Å². The van der Waals surface area contributed by atoms with E-state index in [1.807, 2.05) is 6.07 Å². The van der Waals surface area contributed by atoms with E-state index >= 15 is 0 Å². The molecule has 4 rings (SSSR count). The van der Waals surface area contributed by atoms with E-state index in [1.165, 1.54) is 46.6 Å². The molecule has 0 aliphatic rings. The number of aromatic nitrogens is 2. The molecule has 164 valence electrons. The van der Waals surface area contributed by atoms with Crippen LogP contribution in [0, 0.1) is 5.82 Å². The van der Waals surface area contributed by atoms with Crippen molar-refractivity contribution in [2.45, 2.75) is 30.5 Å². The summed E-state index contributed by atoms with van der Waals surface area (Å²) in [5.74, 6) is -0.845. The molecule has 1 amide bonds. The SMILES string of the molecule is CC(C)S(=O)(=O)c1ccc(C(=O)N(Cc2ccccn2)c2nc3c(F)cccc3s2)cc1. The molecule has 0 spiro atoms. The van der Waals surface area contributed by atoms with Crippen LogP contribution in [0.15, 0.2) is 71.8 Å². The highest BCUT2D eigenvalue weighted by Gasteiger charge is 2.24. The highest BCUT2D eigenvalue weighted by atomic mass is 32.2. The van der Waals surface area contributed by atoms with E-state index in [2.05, 4.69) is 9.97 Å². The third kappa shape index (κ3) is 4.26. The van der Waals surface area contributed by atoms with E-state index in [4.69, 9.17) is 0 Å².